The number of nitrogens with zero attached hydrogens (tertiary/aromatic N) is 1. The molecule has 5 rings (SSSR count). The molecule has 1 amide bonds. The Kier molecular flexibility index (Phi) is 11.3. The Morgan fingerprint density at radius 2 is 1.57 bits per heavy atom. The highest BCUT2D eigenvalue weighted by Gasteiger charge is 2.33. The lowest BCUT2D eigenvalue weighted by Gasteiger charge is -2.38. The molecule has 0 aliphatic carbocycles. The predicted molar refractivity (Wildman–Crippen MR) is 176 cm³/mol. The van der Waals surface area contributed by atoms with E-state index in [-0.39, 0.29) is 24.7 Å². The van der Waals surface area contributed by atoms with E-state index in [0.29, 0.717) is 13.0 Å². The molecule has 0 spiro atoms. The molecule has 46 heavy (non-hydrogen) atoms. The molecule has 8 nitrogen and oxygen atoms in total. The zero-order valence-electron chi connectivity index (χ0n) is 26.6. The molecule has 4 aromatic carbocycles. The number of carbonyl (C=O) groups is 2. The van der Waals surface area contributed by atoms with Crippen molar-refractivity contribution in [3.63, 3.8) is 0 Å². The first-order chi connectivity index (χ1) is 22.3. The molecule has 0 radical (unpaired) electrons. The Labute approximate surface area is 270 Å². The molecule has 1 fully saturated rings. The molecule has 1 aliphatic heterocycles. The van der Waals surface area contributed by atoms with Gasteiger partial charge in [0.2, 0.25) is 0 Å². The van der Waals surface area contributed by atoms with Crippen molar-refractivity contribution < 1.29 is 28.9 Å². The van der Waals surface area contributed by atoms with Crippen LogP contribution in [0, 0.1) is 0 Å². The molecule has 4 atom stereocenters. The van der Waals surface area contributed by atoms with Crippen LogP contribution in [0.4, 0.5) is 0 Å². The summed E-state index contributed by atoms with van der Waals surface area (Å²) >= 11 is 0. The second-order valence-electron chi connectivity index (χ2n) is 11.8. The number of hydrogen-bond acceptors (Lipinski definition) is 7. The molecule has 0 unspecified atom stereocenters. The van der Waals surface area contributed by atoms with Crippen LogP contribution in [0.3, 0.4) is 0 Å². The molecule has 0 saturated carbocycles. The SMILES string of the molecule is CC(=O)O[C@@H](C)C(=O)NCc1ccccc1-c1ccc([C@H]2O[C@@H](CN(C)Cc3ccccc3)C[C@@H](c3ccc(CO)cc3)O2)cc1. The van der Waals surface area contributed by atoms with Gasteiger partial charge >= 0.3 is 5.97 Å². The zero-order chi connectivity index (χ0) is 32.5. The third-order valence-corrected chi connectivity index (χ3v) is 8.10. The summed E-state index contributed by atoms with van der Waals surface area (Å²) in [5.74, 6) is -0.845. The molecule has 0 bridgehead atoms. The summed E-state index contributed by atoms with van der Waals surface area (Å²) in [5, 5.41) is 12.4. The number of ether oxygens (including phenoxy) is 3. The van der Waals surface area contributed by atoms with Gasteiger partial charge < -0.3 is 24.6 Å². The van der Waals surface area contributed by atoms with E-state index in [2.05, 4.69) is 41.5 Å². The largest absolute Gasteiger partial charge is 0.453 e. The van der Waals surface area contributed by atoms with Gasteiger partial charge in [0.25, 0.3) is 5.91 Å². The molecule has 240 valence electrons. The first kappa shape index (κ1) is 33.0. The van der Waals surface area contributed by atoms with Gasteiger partial charge in [0.1, 0.15) is 0 Å². The van der Waals surface area contributed by atoms with Crippen molar-refractivity contribution in [2.45, 2.75) is 64.6 Å². The van der Waals surface area contributed by atoms with E-state index in [4.69, 9.17) is 14.2 Å². The summed E-state index contributed by atoms with van der Waals surface area (Å²) in [6.07, 6.45) is -0.939. The molecule has 0 aromatic heterocycles. The third kappa shape index (κ3) is 8.89. The Hall–Kier alpha value is -4.34. The van der Waals surface area contributed by atoms with Crippen molar-refractivity contribution in [1.82, 2.24) is 10.2 Å². The van der Waals surface area contributed by atoms with Gasteiger partial charge in [0.15, 0.2) is 12.4 Å². The molecular formula is C38H42N2O6. The fraction of sp³-hybridized carbons (Fsp3) is 0.316. The van der Waals surface area contributed by atoms with Gasteiger partial charge in [0, 0.05) is 38.5 Å². The second-order valence-corrected chi connectivity index (χ2v) is 11.8. The van der Waals surface area contributed by atoms with Gasteiger partial charge in [0.05, 0.1) is 18.8 Å². The number of likely N-dealkylation sites (N-methyl/N-ethyl adjacent to an activating group) is 1. The van der Waals surface area contributed by atoms with Gasteiger partial charge in [-0.2, -0.15) is 0 Å². The van der Waals surface area contributed by atoms with E-state index >= 15 is 0 Å². The lowest BCUT2D eigenvalue weighted by molar-refractivity contribution is -0.252. The number of aliphatic hydroxyl groups is 1. The van der Waals surface area contributed by atoms with Gasteiger partial charge in [-0.25, -0.2) is 0 Å². The number of nitrogens with one attached hydrogen (secondary N) is 1. The van der Waals surface area contributed by atoms with Crippen molar-refractivity contribution in [1.29, 1.82) is 0 Å². The fourth-order valence-corrected chi connectivity index (χ4v) is 5.74. The van der Waals surface area contributed by atoms with Crippen LogP contribution in [-0.2, 0) is 43.5 Å². The molecule has 1 saturated heterocycles. The smallest absolute Gasteiger partial charge is 0.303 e. The molecule has 1 aliphatic rings. The zero-order valence-corrected chi connectivity index (χ0v) is 26.6. The van der Waals surface area contributed by atoms with Crippen LogP contribution in [0.2, 0.25) is 0 Å². The second kappa shape index (κ2) is 15.8. The standard InChI is InChI=1S/C38H42N2O6/c1-26(44-27(2)42)37(43)39-22-33-11-7-8-12-35(33)30-17-19-32(20-18-30)38-45-34(24-40(3)23-28-9-5-4-6-10-28)21-36(46-38)31-15-13-29(25-41)14-16-31/h4-20,26,34,36,38,41H,21-25H2,1-3H3,(H,39,43)/t26-,34+,36-,38-/m0/s1. The van der Waals surface area contributed by atoms with Crippen molar-refractivity contribution >= 4 is 11.9 Å². The van der Waals surface area contributed by atoms with E-state index < -0.39 is 18.4 Å². The summed E-state index contributed by atoms with van der Waals surface area (Å²) in [6.45, 7) is 4.70. The number of esters is 1. The summed E-state index contributed by atoms with van der Waals surface area (Å²) in [6, 6.07) is 34.3. The lowest BCUT2D eigenvalue weighted by Crippen LogP contribution is -2.37. The number of rotatable bonds is 12. The average molecular weight is 623 g/mol. The van der Waals surface area contributed by atoms with Crippen LogP contribution in [0.15, 0.2) is 103 Å². The van der Waals surface area contributed by atoms with Crippen molar-refractivity contribution in [2.24, 2.45) is 0 Å². The van der Waals surface area contributed by atoms with Crippen LogP contribution in [-0.4, -0.2) is 47.7 Å². The first-order valence-electron chi connectivity index (χ1n) is 15.6. The first-order valence-corrected chi connectivity index (χ1v) is 15.6. The lowest BCUT2D eigenvalue weighted by atomic mass is 9.97. The Morgan fingerprint density at radius 1 is 0.891 bits per heavy atom. The Balaban J connectivity index is 1.31. The predicted octanol–water partition coefficient (Wildman–Crippen LogP) is 6.09. The highest BCUT2D eigenvalue weighted by molar-refractivity contribution is 5.83. The van der Waals surface area contributed by atoms with Gasteiger partial charge in [-0.05, 0) is 47.4 Å². The summed E-state index contributed by atoms with van der Waals surface area (Å²) in [7, 11) is 2.11. The van der Waals surface area contributed by atoms with Crippen LogP contribution in [0.5, 0.6) is 0 Å². The van der Waals surface area contributed by atoms with Crippen LogP contribution in [0.1, 0.15) is 60.5 Å². The van der Waals surface area contributed by atoms with E-state index in [1.807, 2.05) is 78.9 Å². The van der Waals surface area contributed by atoms with E-state index in [1.54, 1.807) is 6.92 Å². The average Bonchev–Trinajstić information content (AvgIpc) is 3.07. The van der Waals surface area contributed by atoms with Crippen molar-refractivity contribution in [2.75, 3.05) is 13.6 Å². The minimum absolute atomic E-state index is 0.000301. The maximum absolute atomic E-state index is 12.4. The topological polar surface area (TPSA) is 97.3 Å². The summed E-state index contributed by atoms with van der Waals surface area (Å²) in [5.41, 5.74) is 7.00. The Bertz CT molecular complexity index is 1580. The fourth-order valence-electron chi connectivity index (χ4n) is 5.74. The molecule has 4 aromatic rings. The Morgan fingerprint density at radius 3 is 2.26 bits per heavy atom. The van der Waals surface area contributed by atoms with Gasteiger partial charge in [-0.3, -0.25) is 14.5 Å². The highest BCUT2D eigenvalue weighted by Crippen LogP contribution is 2.39. The maximum Gasteiger partial charge on any atom is 0.303 e. The number of hydrogen-bond donors (Lipinski definition) is 2. The monoisotopic (exact) mass is 622 g/mol. The molecular weight excluding hydrogens is 580 g/mol. The van der Waals surface area contributed by atoms with E-state index in [1.165, 1.54) is 12.5 Å². The van der Waals surface area contributed by atoms with Gasteiger partial charge in [-0.1, -0.05) is 103 Å². The van der Waals surface area contributed by atoms with E-state index in [9.17, 15) is 14.7 Å². The molecule has 2 N–H and O–H groups in total. The highest BCUT2D eigenvalue weighted by atomic mass is 16.7. The summed E-state index contributed by atoms with van der Waals surface area (Å²) < 4.78 is 18.1. The van der Waals surface area contributed by atoms with Crippen molar-refractivity contribution in [3.8, 4) is 11.1 Å². The number of amides is 1. The number of aliphatic hydroxyl groups excluding tert-OH is 1. The number of benzene rings is 4. The van der Waals surface area contributed by atoms with E-state index in [0.717, 1.165) is 46.5 Å². The maximum atomic E-state index is 12.4. The minimum atomic E-state index is -0.863. The van der Waals surface area contributed by atoms with Gasteiger partial charge in [-0.15, -0.1) is 0 Å². The van der Waals surface area contributed by atoms with Crippen LogP contribution in [0.25, 0.3) is 11.1 Å². The molecule has 1 heterocycles. The van der Waals surface area contributed by atoms with Crippen molar-refractivity contribution in [3.05, 3.63) is 131 Å². The van der Waals surface area contributed by atoms with Crippen LogP contribution < -0.4 is 5.32 Å². The normalized spacial score (nSPS) is 18.6. The summed E-state index contributed by atoms with van der Waals surface area (Å²) in [4.78, 5) is 25.9. The quantitative estimate of drug-likeness (QED) is 0.185. The minimum Gasteiger partial charge on any atom is -0.453 e. The van der Waals surface area contributed by atoms with Crippen LogP contribution >= 0.6 is 0 Å². The number of carbonyl (C=O) groups excluding carboxylic acids is 2. The third-order valence-electron chi connectivity index (χ3n) is 8.10. The molecule has 8 heteroatoms.